The van der Waals surface area contributed by atoms with E-state index in [0.717, 1.165) is 0 Å². The lowest BCUT2D eigenvalue weighted by atomic mass is 10.2. The van der Waals surface area contributed by atoms with Gasteiger partial charge < -0.3 is 0 Å². The minimum absolute atomic E-state index is 0.199. The smallest absolute Gasteiger partial charge is 0.279 e. The number of amidine groups is 1. The fraction of sp³-hybridized carbons (Fsp3) is 0.118. The van der Waals surface area contributed by atoms with Gasteiger partial charge in [-0.2, -0.15) is 4.99 Å². The summed E-state index contributed by atoms with van der Waals surface area (Å²) >= 11 is 1.26. The van der Waals surface area contributed by atoms with Crippen LogP contribution in [0.15, 0.2) is 65.7 Å². The molecule has 0 aliphatic rings. The molecule has 0 heterocycles. The molecule has 5 heteroatoms. The molecule has 0 N–H and O–H groups in total. The van der Waals surface area contributed by atoms with Crippen molar-refractivity contribution in [3.63, 3.8) is 0 Å². The first-order valence-electron chi connectivity index (χ1n) is 6.68. The number of rotatable bonds is 2. The zero-order valence-electron chi connectivity index (χ0n) is 12.4. The van der Waals surface area contributed by atoms with Crippen LogP contribution in [0.1, 0.15) is 20.7 Å². The fourth-order valence-corrected chi connectivity index (χ4v) is 2.38. The van der Waals surface area contributed by atoms with Crippen LogP contribution in [0.5, 0.6) is 0 Å². The molecular weight excluding hydrogens is 296 g/mol. The van der Waals surface area contributed by atoms with Gasteiger partial charge in [-0.15, -0.1) is 0 Å². The van der Waals surface area contributed by atoms with E-state index >= 15 is 0 Å². The highest BCUT2D eigenvalue weighted by Crippen LogP contribution is 2.11. The van der Waals surface area contributed by atoms with Crippen molar-refractivity contribution >= 4 is 28.7 Å². The predicted octanol–water partition coefficient (Wildman–Crippen LogP) is 3.32. The molecule has 112 valence electrons. The summed E-state index contributed by atoms with van der Waals surface area (Å²) in [4.78, 5) is 30.0. The first kappa shape index (κ1) is 16.0. The highest BCUT2D eigenvalue weighted by atomic mass is 32.2. The minimum Gasteiger partial charge on any atom is -0.290 e. The summed E-state index contributed by atoms with van der Waals surface area (Å²) < 4.78 is 0. The maximum absolute atomic E-state index is 12.4. The third-order valence-electron chi connectivity index (χ3n) is 3.01. The molecule has 0 fully saturated rings. The van der Waals surface area contributed by atoms with E-state index < -0.39 is 0 Å². The van der Waals surface area contributed by atoms with Gasteiger partial charge in [0.15, 0.2) is 5.17 Å². The number of nitrogens with zero attached hydrogens (tertiary/aromatic N) is 2. The van der Waals surface area contributed by atoms with Gasteiger partial charge in [0.05, 0.1) is 0 Å². The number of amides is 2. The largest absolute Gasteiger partial charge is 0.290 e. The molecule has 2 amide bonds. The lowest BCUT2D eigenvalue weighted by molar-refractivity contribution is 0.0873. The molecule has 0 atom stereocenters. The number of carbonyl (C=O) groups is 2. The second-order valence-corrected chi connectivity index (χ2v) is 5.27. The average molecular weight is 312 g/mol. The summed E-state index contributed by atoms with van der Waals surface area (Å²) in [5, 5.41) is 0.364. The predicted molar refractivity (Wildman–Crippen MR) is 90.3 cm³/mol. The summed E-state index contributed by atoms with van der Waals surface area (Å²) in [5.74, 6) is -0.563. The topological polar surface area (TPSA) is 49.7 Å². The highest BCUT2D eigenvalue weighted by Gasteiger charge is 2.17. The molecule has 0 unspecified atom stereocenters. The van der Waals surface area contributed by atoms with E-state index in [1.165, 1.54) is 16.7 Å². The van der Waals surface area contributed by atoms with Gasteiger partial charge in [0.2, 0.25) is 0 Å². The van der Waals surface area contributed by atoms with Crippen molar-refractivity contribution < 1.29 is 9.59 Å². The van der Waals surface area contributed by atoms with Crippen LogP contribution in [0.2, 0.25) is 0 Å². The molecule has 22 heavy (non-hydrogen) atoms. The van der Waals surface area contributed by atoms with Crippen molar-refractivity contribution in [1.29, 1.82) is 0 Å². The Hall–Kier alpha value is -2.40. The molecule has 0 aliphatic heterocycles. The molecule has 2 rings (SSSR count). The van der Waals surface area contributed by atoms with Gasteiger partial charge in [0.1, 0.15) is 0 Å². The Balaban J connectivity index is 2.22. The highest BCUT2D eigenvalue weighted by molar-refractivity contribution is 8.13. The number of benzene rings is 2. The first-order valence-corrected chi connectivity index (χ1v) is 7.91. The number of aliphatic imine (C=N–C) groups is 1. The van der Waals surface area contributed by atoms with E-state index in [1.54, 1.807) is 61.8 Å². The van der Waals surface area contributed by atoms with E-state index in [2.05, 4.69) is 4.99 Å². The third kappa shape index (κ3) is 3.83. The standard InChI is InChI=1S/C17H16N2O2S/c1-19(16(21)14-11-7-4-8-12-14)17(22-2)18-15(20)13-9-5-3-6-10-13/h3-12H,1-2H3. The van der Waals surface area contributed by atoms with Crippen molar-refractivity contribution in [2.75, 3.05) is 13.3 Å². The Bertz CT molecular complexity index is 684. The normalized spacial score (nSPS) is 11.1. The first-order chi connectivity index (χ1) is 10.6. The Morgan fingerprint density at radius 2 is 1.41 bits per heavy atom. The van der Waals surface area contributed by atoms with Crippen LogP contribution in [-0.4, -0.2) is 35.2 Å². The quantitative estimate of drug-likeness (QED) is 0.631. The molecule has 2 aromatic rings. The fourth-order valence-electron chi connectivity index (χ4n) is 1.85. The van der Waals surface area contributed by atoms with Gasteiger partial charge in [0.25, 0.3) is 11.8 Å². The maximum atomic E-state index is 12.4. The Morgan fingerprint density at radius 3 is 1.91 bits per heavy atom. The van der Waals surface area contributed by atoms with Gasteiger partial charge in [-0.05, 0) is 30.5 Å². The second kappa shape index (κ2) is 7.56. The van der Waals surface area contributed by atoms with Crippen LogP contribution in [-0.2, 0) is 0 Å². The van der Waals surface area contributed by atoms with Gasteiger partial charge in [-0.25, -0.2) is 0 Å². The Labute approximate surface area is 133 Å². The van der Waals surface area contributed by atoms with E-state index in [-0.39, 0.29) is 11.8 Å². The van der Waals surface area contributed by atoms with Crippen LogP contribution >= 0.6 is 11.8 Å². The van der Waals surface area contributed by atoms with Crippen molar-refractivity contribution in [3.05, 3.63) is 71.8 Å². The zero-order chi connectivity index (χ0) is 15.9. The molecule has 2 aromatic carbocycles. The number of thioether (sulfide) groups is 1. The molecular formula is C17H16N2O2S. The molecule has 0 radical (unpaired) electrons. The second-order valence-electron chi connectivity index (χ2n) is 4.50. The van der Waals surface area contributed by atoms with Crippen LogP contribution in [0.25, 0.3) is 0 Å². The van der Waals surface area contributed by atoms with E-state index in [1.807, 2.05) is 12.1 Å². The molecule has 0 aromatic heterocycles. The number of carbonyl (C=O) groups excluding carboxylic acids is 2. The molecule has 0 bridgehead atoms. The van der Waals surface area contributed by atoms with Crippen molar-refractivity contribution in [2.24, 2.45) is 4.99 Å². The van der Waals surface area contributed by atoms with Gasteiger partial charge in [0, 0.05) is 18.2 Å². The van der Waals surface area contributed by atoms with E-state index in [0.29, 0.717) is 16.3 Å². The minimum atomic E-state index is -0.363. The molecule has 0 spiro atoms. The summed E-state index contributed by atoms with van der Waals surface area (Å²) in [5.41, 5.74) is 1.05. The summed E-state index contributed by atoms with van der Waals surface area (Å²) in [6.45, 7) is 0. The maximum Gasteiger partial charge on any atom is 0.279 e. The van der Waals surface area contributed by atoms with Crippen molar-refractivity contribution in [2.45, 2.75) is 0 Å². The summed E-state index contributed by atoms with van der Waals surface area (Å²) in [6, 6.07) is 17.7. The summed E-state index contributed by atoms with van der Waals surface area (Å²) in [6.07, 6.45) is 1.78. The average Bonchev–Trinajstić information content (AvgIpc) is 2.59. The SMILES string of the molecule is CSC(=NC(=O)c1ccccc1)N(C)C(=O)c1ccccc1. The number of hydrogen-bond donors (Lipinski definition) is 0. The van der Waals surface area contributed by atoms with Crippen LogP contribution in [0.4, 0.5) is 0 Å². The van der Waals surface area contributed by atoms with Gasteiger partial charge >= 0.3 is 0 Å². The molecule has 4 nitrogen and oxygen atoms in total. The Morgan fingerprint density at radius 1 is 0.909 bits per heavy atom. The zero-order valence-corrected chi connectivity index (χ0v) is 13.2. The third-order valence-corrected chi connectivity index (χ3v) is 3.74. The molecule has 0 aliphatic carbocycles. The van der Waals surface area contributed by atoms with Crippen LogP contribution < -0.4 is 0 Å². The van der Waals surface area contributed by atoms with Gasteiger partial charge in [-0.3, -0.25) is 14.5 Å². The van der Waals surface area contributed by atoms with Crippen LogP contribution in [0, 0.1) is 0 Å². The number of hydrogen-bond acceptors (Lipinski definition) is 3. The summed E-state index contributed by atoms with van der Waals surface area (Å²) in [7, 11) is 1.61. The molecule has 0 saturated heterocycles. The van der Waals surface area contributed by atoms with Gasteiger partial charge in [-0.1, -0.05) is 48.2 Å². The lowest BCUT2D eigenvalue weighted by Crippen LogP contribution is -2.31. The van der Waals surface area contributed by atoms with E-state index in [4.69, 9.17) is 0 Å². The molecule has 0 saturated carbocycles. The van der Waals surface area contributed by atoms with Crippen LogP contribution in [0.3, 0.4) is 0 Å². The van der Waals surface area contributed by atoms with Crippen molar-refractivity contribution in [1.82, 2.24) is 4.90 Å². The Kier molecular flexibility index (Phi) is 5.49. The lowest BCUT2D eigenvalue weighted by Gasteiger charge is -2.17. The van der Waals surface area contributed by atoms with Crippen molar-refractivity contribution in [3.8, 4) is 0 Å². The van der Waals surface area contributed by atoms with E-state index in [9.17, 15) is 9.59 Å². The monoisotopic (exact) mass is 312 g/mol.